The van der Waals surface area contributed by atoms with Crippen molar-refractivity contribution in [1.29, 1.82) is 0 Å². The highest BCUT2D eigenvalue weighted by atomic mass is 127. The first kappa shape index (κ1) is 9.44. The van der Waals surface area contributed by atoms with E-state index in [1.54, 1.807) is 0 Å². The highest BCUT2D eigenvalue weighted by Gasteiger charge is 2.09. The van der Waals surface area contributed by atoms with Gasteiger partial charge in [-0.25, -0.2) is 4.39 Å². The van der Waals surface area contributed by atoms with Gasteiger partial charge < -0.3 is 5.11 Å². The molecule has 0 aliphatic carbocycles. The summed E-state index contributed by atoms with van der Waals surface area (Å²) in [5.41, 5.74) is 0.297. The maximum Gasteiger partial charge on any atom is 0.165 e. The number of halogens is 2. The minimum atomic E-state index is -0.763. The predicted molar refractivity (Wildman–Crippen MR) is 50.8 cm³/mol. The molecule has 0 heterocycles. The quantitative estimate of drug-likeness (QED) is 0.633. The van der Waals surface area contributed by atoms with Crippen molar-refractivity contribution in [1.82, 2.24) is 0 Å². The molecule has 64 valence electrons. The molecule has 4 heteroatoms. The summed E-state index contributed by atoms with van der Waals surface area (Å²) in [6.07, 6.45) is 0. The minimum Gasteiger partial charge on any atom is -0.505 e. The molecule has 1 rings (SSSR count). The highest BCUT2D eigenvalue weighted by molar-refractivity contribution is 14.1. The Kier molecular flexibility index (Phi) is 2.66. The third-order valence-corrected chi connectivity index (χ3v) is 2.31. The Morgan fingerprint density at radius 2 is 2.17 bits per heavy atom. The van der Waals surface area contributed by atoms with E-state index in [0.29, 0.717) is 9.13 Å². The lowest BCUT2D eigenvalue weighted by Gasteiger charge is -2.01. The molecule has 0 bridgehead atoms. The van der Waals surface area contributed by atoms with Gasteiger partial charge >= 0.3 is 0 Å². The molecule has 0 fully saturated rings. The maximum absolute atomic E-state index is 12.7. The summed E-state index contributed by atoms with van der Waals surface area (Å²) >= 11 is 1.87. The molecule has 0 radical (unpaired) electrons. The molecule has 0 spiro atoms. The molecule has 0 aromatic heterocycles. The summed E-state index contributed by atoms with van der Waals surface area (Å²) < 4.78 is 13.3. The number of aromatic hydroxyl groups is 1. The number of benzene rings is 1. The third kappa shape index (κ3) is 1.74. The van der Waals surface area contributed by atoms with E-state index in [2.05, 4.69) is 0 Å². The van der Waals surface area contributed by atoms with Gasteiger partial charge in [-0.1, -0.05) is 0 Å². The number of Topliss-reactive ketones (excluding diaryl/α,β-unsaturated/α-hetero) is 1. The third-order valence-electron chi connectivity index (χ3n) is 1.42. The SMILES string of the molecule is CC(=O)c1cc(F)c(O)cc1I. The first-order valence-electron chi connectivity index (χ1n) is 3.21. The summed E-state index contributed by atoms with van der Waals surface area (Å²) in [6.45, 7) is 1.36. The van der Waals surface area contributed by atoms with E-state index in [0.717, 1.165) is 6.07 Å². The molecule has 1 N–H and O–H groups in total. The highest BCUT2D eigenvalue weighted by Crippen LogP contribution is 2.22. The summed E-state index contributed by atoms with van der Waals surface area (Å²) in [6, 6.07) is 2.27. The van der Waals surface area contributed by atoms with Crippen LogP contribution in [0, 0.1) is 9.39 Å². The molecule has 0 aliphatic heterocycles. The second kappa shape index (κ2) is 3.38. The molecule has 1 aromatic rings. The van der Waals surface area contributed by atoms with E-state index in [4.69, 9.17) is 5.11 Å². The first-order chi connectivity index (χ1) is 5.52. The van der Waals surface area contributed by atoms with Gasteiger partial charge in [0.1, 0.15) is 0 Å². The van der Waals surface area contributed by atoms with E-state index in [1.807, 2.05) is 22.6 Å². The van der Waals surface area contributed by atoms with E-state index in [-0.39, 0.29) is 5.78 Å². The second-order valence-corrected chi connectivity index (χ2v) is 3.50. The summed E-state index contributed by atoms with van der Waals surface area (Å²) in [7, 11) is 0. The van der Waals surface area contributed by atoms with Crippen molar-refractivity contribution in [2.45, 2.75) is 6.92 Å². The minimum absolute atomic E-state index is 0.210. The van der Waals surface area contributed by atoms with Crippen LogP contribution in [-0.4, -0.2) is 10.9 Å². The Hall–Kier alpha value is -0.650. The van der Waals surface area contributed by atoms with E-state index < -0.39 is 11.6 Å². The zero-order valence-electron chi connectivity index (χ0n) is 6.27. The van der Waals surface area contributed by atoms with Crippen LogP contribution in [0.3, 0.4) is 0 Å². The van der Waals surface area contributed by atoms with Crippen molar-refractivity contribution < 1.29 is 14.3 Å². The number of rotatable bonds is 1. The lowest BCUT2D eigenvalue weighted by atomic mass is 10.1. The summed E-state index contributed by atoms with van der Waals surface area (Å²) in [5, 5.41) is 8.92. The molecule has 1 aromatic carbocycles. The van der Waals surface area contributed by atoms with Crippen molar-refractivity contribution in [2.75, 3.05) is 0 Å². The van der Waals surface area contributed by atoms with Crippen LogP contribution in [-0.2, 0) is 0 Å². The fourth-order valence-electron chi connectivity index (χ4n) is 0.806. The number of carbonyl (C=O) groups excluding carboxylic acids is 1. The van der Waals surface area contributed by atoms with Crippen molar-refractivity contribution >= 4 is 28.4 Å². The zero-order chi connectivity index (χ0) is 9.30. The van der Waals surface area contributed by atoms with E-state index in [9.17, 15) is 9.18 Å². The topological polar surface area (TPSA) is 37.3 Å². The Labute approximate surface area is 82.5 Å². The van der Waals surface area contributed by atoms with Crippen molar-refractivity contribution in [3.63, 3.8) is 0 Å². The average molecular weight is 280 g/mol. The van der Waals surface area contributed by atoms with Gasteiger partial charge in [0.15, 0.2) is 17.3 Å². The molecule has 0 unspecified atom stereocenters. The summed E-state index contributed by atoms with van der Waals surface area (Å²) in [4.78, 5) is 10.9. The van der Waals surface area contributed by atoms with Gasteiger partial charge in [-0.2, -0.15) is 0 Å². The van der Waals surface area contributed by atoms with Crippen LogP contribution in [0.2, 0.25) is 0 Å². The van der Waals surface area contributed by atoms with Gasteiger partial charge in [0.2, 0.25) is 0 Å². The first-order valence-corrected chi connectivity index (χ1v) is 4.29. The van der Waals surface area contributed by atoms with Crippen LogP contribution >= 0.6 is 22.6 Å². The molecule has 12 heavy (non-hydrogen) atoms. The van der Waals surface area contributed by atoms with Crippen molar-refractivity contribution in [3.8, 4) is 5.75 Å². The van der Waals surface area contributed by atoms with Crippen LogP contribution in [0.15, 0.2) is 12.1 Å². The predicted octanol–water partition coefficient (Wildman–Crippen LogP) is 2.34. The number of phenolic OH excluding ortho intramolecular Hbond substituents is 1. The lowest BCUT2D eigenvalue weighted by molar-refractivity contribution is 0.101. The Morgan fingerprint density at radius 3 is 2.67 bits per heavy atom. The second-order valence-electron chi connectivity index (χ2n) is 2.34. The van der Waals surface area contributed by atoms with Gasteiger partial charge in [0, 0.05) is 9.13 Å². The molecule has 0 amide bonds. The number of hydrogen-bond acceptors (Lipinski definition) is 2. The fourth-order valence-corrected chi connectivity index (χ4v) is 1.64. The standard InChI is InChI=1S/C8H6FIO2/c1-4(11)5-2-6(9)8(12)3-7(5)10/h2-3,12H,1H3. The van der Waals surface area contributed by atoms with E-state index in [1.165, 1.54) is 13.0 Å². The molecule has 0 saturated heterocycles. The van der Waals surface area contributed by atoms with Crippen LogP contribution in [0.5, 0.6) is 5.75 Å². The zero-order valence-corrected chi connectivity index (χ0v) is 8.42. The Balaban J connectivity index is 3.33. The fraction of sp³-hybridized carbons (Fsp3) is 0.125. The van der Waals surface area contributed by atoms with Crippen molar-refractivity contribution in [2.24, 2.45) is 0 Å². The molecule has 0 atom stereocenters. The normalized spacial score (nSPS) is 9.92. The van der Waals surface area contributed by atoms with Gasteiger partial charge in [-0.15, -0.1) is 0 Å². The lowest BCUT2D eigenvalue weighted by Crippen LogP contribution is -1.96. The van der Waals surface area contributed by atoms with Gasteiger partial charge in [0.25, 0.3) is 0 Å². The number of ketones is 1. The molecule has 0 saturated carbocycles. The molecule has 0 aliphatic rings. The maximum atomic E-state index is 12.7. The molecular formula is C8H6FIO2. The monoisotopic (exact) mass is 280 g/mol. The Bertz CT molecular complexity index is 336. The van der Waals surface area contributed by atoms with Crippen LogP contribution in [0.4, 0.5) is 4.39 Å². The summed E-state index contributed by atoms with van der Waals surface area (Å²) in [5.74, 6) is -1.40. The van der Waals surface area contributed by atoms with Gasteiger partial charge in [0.05, 0.1) is 0 Å². The van der Waals surface area contributed by atoms with Crippen LogP contribution in [0.25, 0.3) is 0 Å². The number of phenols is 1. The van der Waals surface area contributed by atoms with Crippen molar-refractivity contribution in [3.05, 3.63) is 27.1 Å². The largest absolute Gasteiger partial charge is 0.505 e. The number of hydrogen-bond donors (Lipinski definition) is 1. The van der Waals surface area contributed by atoms with Gasteiger partial charge in [-0.3, -0.25) is 4.79 Å². The average Bonchev–Trinajstić information content (AvgIpc) is 1.96. The smallest absolute Gasteiger partial charge is 0.165 e. The van der Waals surface area contributed by atoms with Gasteiger partial charge in [-0.05, 0) is 41.6 Å². The van der Waals surface area contributed by atoms with Crippen LogP contribution < -0.4 is 0 Å². The number of carbonyl (C=O) groups is 1. The van der Waals surface area contributed by atoms with Crippen LogP contribution in [0.1, 0.15) is 17.3 Å². The Morgan fingerprint density at radius 1 is 1.58 bits per heavy atom. The molecular weight excluding hydrogens is 274 g/mol. The molecule has 2 nitrogen and oxygen atoms in total. The van der Waals surface area contributed by atoms with E-state index >= 15 is 0 Å².